The van der Waals surface area contributed by atoms with Crippen molar-refractivity contribution in [2.24, 2.45) is 0 Å². The molecule has 0 bridgehead atoms. The zero-order valence-electron chi connectivity index (χ0n) is 15.2. The van der Waals surface area contributed by atoms with Crippen LogP contribution in [0.2, 0.25) is 5.02 Å². The second-order valence-corrected chi connectivity index (χ2v) is 7.15. The molecule has 0 aliphatic carbocycles. The number of hydrogen-bond donors (Lipinski definition) is 1. The van der Waals surface area contributed by atoms with Gasteiger partial charge >= 0.3 is 0 Å². The van der Waals surface area contributed by atoms with E-state index in [1.54, 1.807) is 24.3 Å². The van der Waals surface area contributed by atoms with Crippen LogP contribution in [0, 0.1) is 0 Å². The Kier molecular flexibility index (Phi) is 5.63. The van der Waals surface area contributed by atoms with E-state index < -0.39 is 17.7 Å². The molecule has 140 valence electrons. The van der Waals surface area contributed by atoms with Crippen molar-refractivity contribution in [2.75, 3.05) is 27.2 Å². The largest absolute Gasteiger partial charge is 0.507 e. The minimum Gasteiger partial charge on any atom is -0.507 e. The maximum atomic E-state index is 12.8. The Hall–Kier alpha value is -2.63. The third kappa shape index (κ3) is 3.89. The van der Waals surface area contributed by atoms with Crippen LogP contribution < -0.4 is 0 Å². The predicted molar refractivity (Wildman–Crippen MR) is 105 cm³/mol. The lowest BCUT2D eigenvalue weighted by molar-refractivity contribution is -0.140. The Bertz CT molecular complexity index is 876. The average Bonchev–Trinajstić information content (AvgIpc) is 2.91. The number of nitrogens with zero attached hydrogens (tertiary/aromatic N) is 2. The number of likely N-dealkylation sites (tertiary alicyclic amines) is 1. The first-order valence-electron chi connectivity index (χ1n) is 8.64. The summed E-state index contributed by atoms with van der Waals surface area (Å²) in [6.45, 7) is 0.992. The van der Waals surface area contributed by atoms with Crippen LogP contribution in [0.1, 0.15) is 17.2 Å². The molecule has 3 rings (SSSR count). The van der Waals surface area contributed by atoms with E-state index in [2.05, 4.69) is 0 Å². The third-order valence-corrected chi connectivity index (χ3v) is 4.81. The molecule has 2 aromatic rings. The summed E-state index contributed by atoms with van der Waals surface area (Å²) in [5.41, 5.74) is 1.34. The number of likely N-dealkylation sites (N-methyl/N-ethyl adjacent to an activating group) is 1. The van der Waals surface area contributed by atoms with Crippen molar-refractivity contribution >= 4 is 29.1 Å². The second kappa shape index (κ2) is 7.94. The quantitative estimate of drug-likeness (QED) is 0.488. The molecular formula is C21H21ClN2O3. The van der Waals surface area contributed by atoms with Gasteiger partial charge in [0.2, 0.25) is 0 Å². The number of Topliss-reactive ketones (excluding diaryl/α,β-unsaturated/α-hetero) is 1. The van der Waals surface area contributed by atoms with Crippen molar-refractivity contribution in [3.8, 4) is 0 Å². The number of benzene rings is 2. The second-order valence-electron chi connectivity index (χ2n) is 6.71. The van der Waals surface area contributed by atoms with E-state index in [1.165, 1.54) is 4.90 Å². The van der Waals surface area contributed by atoms with Gasteiger partial charge in [-0.2, -0.15) is 0 Å². The molecule has 1 N–H and O–H groups in total. The first kappa shape index (κ1) is 19.1. The molecule has 1 saturated heterocycles. The molecule has 1 aliphatic heterocycles. The smallest absolute Gasteiger partial charge is 0.295 e. The van der Waals surface area contributed by atoms with E-state index in [9.17, 15) is 14.7 Å². The number of amides is 1. The molecule has 27 heavy (non-hydrogen) atoms. The Balaban J connectivity index is 2.12. The fourth-order valence-corrected chi connectivity index (χ4v) is 3.29. The molecule has 0 spiro atoms. The highest BCUT2D eigenvalue weighted by Crippen LogP contribution is 2.39. The Morgan fingerprint density at radius 3 is 2.30 bits per heavy atom. The Morgan fingerprint density at radius 2 is 1.70 bits per heavy atom. The van der Waals surface area contributed by atoms with Crippen molar-refractivity contribution in [1.82, 2.24) is 9.80 Å². The number of rotatable bonds is 5. The lowest BCUT2D eigenvalue weighted by Crippen LogP contribution is -2.35. The lowest BCUT2D eigenvalue weighted by Gasteiger charge is -2.26. The highest BCUT2D eigenvalue weighted by Gasteiger charge is 2.45. The van der Waals surface area contributed by atoms with Crippen molar-refractivity contribution in [3.05, 3.63) is 76.3 Å². The fourth-order valence-electron chi connectivity index (χ4n) is 3.16. The molecule has 5 nitrogen and oxygen atoms in total. The van der Waals surface area contributed by atoms with Gasteiger partial charge in [-0.3, -0.25) is 9.59 Å². The van der Waals surface area contributed by atoms with Crippen LogP contribution in [0.15, 0.2) is 60.2 Å². The summed E-state index contributed by atoms with van der Waals surface area (Å²) in [6.07, 6.45) is 0. The molecule has 6 heteroatoms. The number of ketones is 1. The summed E-state index contributed by atoms with van der Waals surface area (Å²) in [6, 6.07) is 15.2. The van der Waals surface area contributed by atoms with Gasteiger partial charge in [0.05, 0.1) is 11.6 Å². The van der Waals surface area contributed by atoms with E-state index in [1.807, 2.05) is 49.3 Å². The van der Waals surface area contributed by atoms with Crippen molar-refractivity contribution < 1.29 is 14.7 Å². The van der Waals surface area contributed by atoms with Crippen LogP contribution in [0.5, 0.6) is 0 Å². The van der Waals surface area contributed by atoms with Crippen LogP contribution in [0.25, 0.3) is 5.76 Å². The van der Waals surface area contributed by atoms with Gasteiger partial charge in [-0.05, 0) is 43.9 Å². The Morgan fingerprint density at radius 1 is 1.07 bits per heavy atom. The SMILES string of the molecule is CN(C)CCN1C(=O)C(=O)C(=C(O)c2ccc(Cl)cc2)[C@H]1c1ccccc1. The predicted octanol–water partition coefficient (Wildman–Crippen LogP) is 3.32. The van der Waals surface area contributed by atoms with Gasteiger partial charge in [-0.15, -0.1) is 0 Å². The number of aliphatic hydroxyl groups excluding tert-OH is 1. The molecule has 0 aromatic heterocycles. The summed E-state index contributed by atoms with van der Waals surface area (Å²) < 4.78 is 0. The fraction of sp³-hybridized carbons (Fsp3) is 0.238. The summed E-state index contributed by atoms with van der Waals surface area (Å²) in [5, 5.41) is 11.4. The highest BCUT2D eigenvalue weighted by atomic mass is 35.5. The number of aliphatic hydroxyl groups is 1. The van der Waals surface area contributed by atoms with E-state index in [4.69, 9.17) is 11.6 Å². The normalized spacial score (nSPS) is 19.1. The van der Waals surface area contributed by atoms with Crippen LogP contribution in [-0.2, 0) is 9.59 Å². The van der Waals surface area contributed by atoms with Crippen molar-refractivity contribution in [3.63, 3.8) is 0 Å². The van der Waals surface area contributed by atoms with Gasteiger partial charge in [-0.25, -0.2) is 0 Å². The summed E-state index contributed by atoms with van der Waals surface area (Å²) in [7, 11) is 3.81. The molecule has 1 atom stereocenters. The number of carbonyl (C=O) groups is 2. The van der Waals surface area contributed by atoms with Crippen LogP contribution in [0.4, 0.5) is 0 Å². The summed E-state index contributed by atoms with van der Waals surface area (Å²) >= 11 is 5.91. The highest BCUT2D eigenvalue weighted by molar-refractivity contribution is 6.46. The topological polar surface area (TPSA) is 60.9 Å². The van der Waals surface area contributed by atoms with Crippen LogP contribution in [-0.4, -0.2) is 53.8 Å². The van der Waals surface area contributed by atoms with Crippen LogP contribution >= 0.6 is 11.6 Å². The number of carbonyl (C=O) groups excluding carboxylic acids is 2. The lowest BCUT2D eigenvalue weighted by atomic mass is 9.95. The van der Waals surface area contributed by atoms with E-state index in [0.717, 1.165) is 5.56 Å². The summed E-state index contributed by atoms with van der Waals surface area (Å²) in [5.74, 6) is -1.46. The molecule has 1 amide bonds. The number of halogens is 1. The van der Waals surface area contributed by atoms with E-state index in [-0.39, 0.29) is 11.3 Å². The maximum absolute atomic E-state index is 12.8. The zero-order chi connectivity index (χ0) is 19.6. The minimum atomic E-state index is -0.671. The third-order valence-electron chi connectivity index (χ3n) is 4.56. The summed E-state index contributed by atoms with van der Waals surface area (Å²) in [4.78, 5) is 28.9. The molecular weight excluding hydrogens is 364 g/mol. The van der Waals surface area contributed by atoms with Gasteiger partial charge in [0.25, 0.3) is 11.7 Å². The zero-order valence-corrected chi connectivity index (χ0v) is 16.0. The van der Waals surface area contributed by atoms with Gasteiger partial charge < -0.3 is 14.9 Å². The van der Waals surface area contributed by atoms with Crippen molar-refractivity contribution in [2.45, 2.75) is 6.04 Å². The molecule has 1 heterocycles. The first-order chi connectivity index (χ1) is 12.9. The van der Waals surface area contributed by atoms with Crippen LogP contribution in [0.3, 0.4) is 0 Å². The van der Waals surface area contributed by atoms with Gasteiger partial charge in [0.1, 0.15) is 5.76 Å². The monoisotopic (exact) mass is 384 g/mol. The molecule has 1 aliphatic rings. The van der Waals surface area contributed by atoms with Gasteiger partial charge in [0.15, 0.2) is 0 Å². The molecule has 0 radical (unpaired) electrons. The van der Waals surface area contributed by atoms with Gasteiger partial charge in [0, 0.05) is 23.7 Å². The first-order valence-corrected chi connectivity index (χ1v) is 9.02. The van der Waals surface area contributed by atoms with Crippen molar-refractivity contribution in [1.29, 1.82) is 0 Å². The van der Waals surface area contributed by atoms with Gasteiger partial charge in [-0.1, -0.05) is 41.9 Å². The number of hydrogen-bond acceptors (Lipinski definition) is 4. The standard InChI is InChI=1S/C21H21ClN2O3/c1-23(2)12-13-24-18(14-6-4-3-5-7-14)17(20(26)21(24)27)19(25)15-8-10-16(22)11-9-15/h3-11,18,25H,12-13H2,1-2H3/t18-/m1/s1. The van der Waals surface area contributed by atoms with E-state index in [0.29, 0.717) is 23.7 Å². The molecule has 0 saturated carbocycles. The average molecular weight is 385 g/mol. The maximum Gasteiger partial charge on any atom is 0.295 e. The Labute approximate surface area is 163 Å². The minimum absolute atomic E-state index is 0.104. The van der Waals surface area contributed by atoms with E-state index >= 15 is 0 Å². The molecule has 1 fully saturated rings. The molecule has 2 aromatic carbocycles. The molecule has 0 unspecified atom stereocenters.